The van der Waals surface area contributed by atoms with Crippen molar-refractivity contribution < 1.29 is 23.9 Å². The maximum atomic E-state index is 13.2. The number of piperidine rings is 1. The lowest BCUT2D eigenvalue weighted by molar-refractivity contribution is -0.180. The zero-order valence-corrected chi connectivity index (χ0v) is 19.8. The van der Waals surface area contributed by atoms with Gasteiger partial charge in [0.25, 0.3) is 0 Å². The number of likely N-dealkylation sites (tertiary alicyclic amines) is 1. The Morgan fingerprint density at radius 1 is 1.03 bits per heavy atom. The first kappa shape index (κ1) is 22.6. The fourth-order valence-corrected chi connectivity index (χ4v) is 6.92. The van der Waals surface area contributed by atoms with Crippen molar-refractivity contribution in [3.05, 3.63) is 0 Å². The predicted molar refractivity (Wildman–Crippen MR) is 116 cm³/mol. The highest BCUT2D eigenvalue weighted by atomic mass is 16.6. The van der Waals surface area contributed by atoms with Crippen molar-refractivity contribution >= 4 is 17.8 Å². The first-order valence-electron chi connectivity index (χ1n) is 12.3. The van der Waals surface area contributed by atoms with Crippen molar-refractivity contribution in [3.63, 3.8) is 0 Å². The van der Waals surface area contributed by atoms with Gasteiger partial charge in [-0.25, -0.2) is 4.79 Å². The van der Waals surface area contributed by atoms with E-state index in [2.05, 4.69) is 0 Å². The van der Waals surface area contributed by atoms with E-state index in [1.807, 2.05) is 39.5 Å². The third kappa shape index (κ3) is 4.36. The van der Waals surface area contributed by atoms with E-state index in [4.69, 9.17) is 9.47 Å². The molecule has 2 saturated heterocycles. The van der Waals surface area contributed by atoms with Gasteiger partial charge in [0.05, 0.1) is 5.92 Å². The van der Waals surface area contributed by atoms with Gasteiger partial charge < -0.3 is 14.4 Å². The molecule has 8 atom stereocenters. The summed E-state index contributed by atoms with van der Waals surface area (Å²) in [6.07, 6.45) is 6.86. The molecule has 4 rings (SSSR count). The summed E-state index contributed by atoms with van der Waals surface area (Å²) in [5.74, 6) is 0.381. The minimum Gasteiger partial charge on any atom is -0.462 e. The molecule has 0 aromatic carbocycles. The van der Waals surface area contributed by atoms with Gasteiger partial charge in [0.1, 0.15) is 17.5 Å². The van der Waals surface area contributed by atoms with Crippen LogP contribution in [0.1, 0.15) is 86.0 Å². The lowest BCUT2D eigenvalue weighted by Gasteiger charge is -2.51. The van der Waals surface area contributed by atoms with Gasteiger partial charge in [0, 0.05) is 24.4 Å². The number of ketones is 1. The summed E-state index contributed by atoms with van der Waals surface area (Å²) in [5, 5.41) is 0. The first-order valence-corrected chi connectivity index (χ1v) is 12.3. The van der Waals surface area contributed by atoms with Crippen LogP contribution < -0.4 is 0 Å². The molecule has 0 unspecified atom stereocenters. The minimum atomic E-state index is -0.583. The number of esters is 1. The normalized spacial score (nSPS) is 41.1. The molecule has 4 aliphatic rings. The highest BCUT2D eigenvalue weighted by Gasteiger charge is 2.53. The summed E-state index contributed by atoms with van der Waals surface area (Å²) in [4.78, 5) is 41.2. The van der Waals surface area contributed by atoms with E-state index < -0.39 is 5.60 Å². The smallest absolute Gasteiger partial charge is 0.410 e. The number of carbonyl (C=O) groups is 3. The van der Waals surface area contributed by atoms with Crippen molar-refractivity contribution in [2.45, 2.75) is 110 Å². The van der Waals surface area contributed by atoms with Crippen LogP contribution in [0.3, 0.4) is 0 Å². The van der Waals surface area contributed by atoms with Crippen LogP contribution in [-0.2, 0) is 19.1 Å². The molecule has 6 nitrogen and oxygen atoms in total. The number of fused-ring (bicyclic) bond motifs is 2. The van der Waals surface area contributed by atoms with Gasteiger partial charge in [-0.1, -0.05) is 12.8 Å². The molecule has 0 radical (unpaired) electrons. The number of rotatable bonds is 1. The number of cyclic esters (lactones) is 1. The van der Waals surface area contributed by atoms with Gasteiger partial charge in [-0.05, 0) is 84.5 Å². The molecule has 6 heteroatoms. The van der Waals surface area contributed by atoms with Crippen molar-refractivity contribution in [1.82, 2.24) is 4.90 Å². The highest BCUT2D eigenvalue weighted by molar-refractivity contribution is 5.85. The lowest BCUT2D eigenvalue weighted by atomic mass is 9.60. The SMILES string of the molecule is C[C@H]1OC(=O)[C@H]([C@H]2CC(=O)[C@@H]3CC[C@H](C)N(C(=O)OC(C)(C)C)[C@@H]3C2)[C@@H]2CCCC[C@H]21. The van der Waals surface area contributed by atoms with Crippen LogP contribution in [0.15, 0.2) is 0 Å². The fraction of sp³-hybridized carbons (Fsp3) is 0.880. The van der Waals surface area contributed by atoms with E-state index in [1.165, 1.54) is 6.42 Å². The van der Waals surface area contributed by atoms with Gasteiger partial charge in [-0.15, -0.1) is 0 Å². The Bertz CT molecular complexity index is 728. The fourth-order valence-electron chi connectivity index (χ4n) is 6.92. The van der Waals surface area contributed by atoms with E-state index in [0.29, 0.717) is 24.7 Å². The topological polar surface area (TPSA) is 72.9 Å². The van der Waals surface area contributed by atoms with Crippen LogP contribution >= 0.6 is 0 Å². The number of hydrogen-bond donors (Lipinski definition) is 0. The zero-order valence-electron chi connectivity index (χ0n) is 19.8. The standard InChI is InChI=1S/C25H39NO5/c1-14-10-11-19-20(26(14)24(29)31-25(3,4)5)12-16(13-21(19)27)22-18-9-7-6-8-17(18)15(2)30-23(22)28/h14-20,22H,6-13H2,1-5H3/t14-,15+,16+,17-,18+,19+,20+,22+/m0/s1. The minimum absolute atomic E-state index is 0.0309. The summed E-state index contributed by atoms with van der Waals surface area (Å²) >= 11 is 0. The van der Waals surface area contributed by atoms with Crippen molar-refractivity contribution in [2.75, 3.05) is 0 Å². The second kappa shape index (κ2) is 8.40. The summed E-state index contributed by atoms with van der Waals surface area (Å²) < 4.78 is 11.5. The molecule has 2 saturated carbocycles. The zero-order chi connectivity index (χ0) is 22.5. The van der Waals surface area contributed by atoms with E-state index >= 15 is 0 Å². The van der Waals surface area contributed by atoms with Crippen LogP contribution in [0.2, 0.25) is 0 Å². The Balaban J connectivity index is 1.59. The van der Waals surface area contributed by atoms with Gasteiger partial charge in [-0.3, -0.25) is 9.59 Å². The number of carbonyl (C=O) groups excluding carboxylic acids is 3. The van der Waals surface area contributed by atoms with Gasteiger partial charge in [0.2, 0.25) is 0 Å². The van der Waals surface area contributed by atoms with Crippen LogP contribution in [0.25, 0.3) is 0 Å². The summed E-state index contributed by atoms with van der Waals surface area (Å²) in [6, 6.07) is -0.151. The maximum Gasteiger partial charge on any atom is 0.410 e. The van der Waals surface area contributed by atoms with Crippen LogP contribution in [-0.4, -0.2) is 46.5 Å². The molecular formula is C25H39NO5. The number of ether oxygens (including phenoxy) is 2. The molecule has 174 valence electrons. The van der Waals surface area contributed by atoms with E-state index in [9.17, 15) is 14.4 Å². The molecule has 0 spiro atoms. The molecule has 2 heterocycles. The highest BCUT2D eigenvalue weighted by Crippen LogP contribution is 2.49. The Morgan fingerprint density at radius 2 is 1.71 bits per heavy atom. The summed E-state index contributed by atoms with van der Waals surface area (Å²) in [7, 11) is 0. The largest absolute Gasteiger partial charge is 0.462 e. The van der Waals surface area contributed by atoms with Crippen LogP contribution in [0, 0.1) is 29.6 Å². The number of amides is 1. The van der Waals surface area contributed by atoms with Crippen molar-refractivity contribution in [3.8, 4) is 0 Å². The summed E-state index contributed by atoms with van der Waals surface area (Å²) in [5.41, 5.74) is -0.583. The Kier molecular flexibility index (Phi) is 6.12. The maximum absolute atomic E-state index is 13.2. The molecule has 31 heavy (non-hydrogen) atoms. The quantitative estimate of drug-likeness (QED) is 0.559. The predicted octanol–water partition coefficient (Wildman–Crippen LogP) is 4.74. The average Bonchev–Trinajstić information content (AvgIpc) is 2.66. The van der Waals surface area contributed by atoms with Gasteiger partial charge in [-0.2, -0.15) is 0 Å². The number of Topliss-reactive ketones (excluding diaryl/α,β-unsaturated/α-hetero) is 1. The molecule has 0 aromatic heterocycles. The molecule has 2 aliphatic carbocycles. The summed E-state index contributed by atoms with van der Waals surface area (Å²) in [6.45, 7) is 9.67. The van der Waals surface area contributed by atoms with Gasteiger partial charge in [0.15, 0.2) is 0 Å². The molecule has 4 fully saturated rings. The van der Waals surface area contributed by atoms with Gasteiger partial charge >= 0.3 is 12.1 Å². The molecule has 1 amide bonds. The molecule has 0 N–H and O–H groups in total. The molecule has 0 aromatic rings. The molecule has 0 bridgehead atoms. The Labute approximate surface area is 186 Å². The van der Waals surface area contributed by atoms with Crippen LogP contribution in [0.5, 0.6) is 0 Å². The monoisotopic (exact) mass is 433 g/mol. The average molecular weight is 434 g/mol. The lowest BCUT2D eigenvalue weighted by Crippen LogP contribution is -2.59. The number of nitrogens with zero attached hydrogens (tertiary/aromatic N) is 1. The third-order valence-corrected chi connectivity index (χ3v) is 8.24. The van der Waals surface area contributed by atoms with Crippen LogP contribution in [0.4, 0.5) is 4.79 Å². The van der Waals surface area contributed by atoms with E-state index in [-0.39, 0.29) is 53.8 Å². The Morgan fingerprint density at radius 3 is 2.39 bits per heavy atom. The van der Waals surface area contributed by atoms with Crippen molar-refractivity contribution in [2.24, 2.45) is 29.6 Å². The van der Waals surface area contributed by atoms with E-state index in [1.54, 1.807) is 0 Å². The Hall–Kier alpha value is -1.59. The third-order valence-electron chi connectivity index (χ3n) is 8.24. The first-order chi connectivity index (χ1) is 14.6. The molecule has 2 aliphatic heterocycles. The van der Waals surface area contributed by atoms with E-state index in [0.717, 1.165) is 32.1 Å². The van der Waals surface area contributed by atoms with Crippen molar-refractivity contribution in [1.29, 1.82) is 0 Å². The second-order valence-electron chi connectivity index (χ2n) is 11.4. The molecular weight excluding hydrogens is 394 g/mol. The number of hydrogen-bond acceptors (Lipinski definition) is 5. The second-order valence-corrected chi connectivity index (χ2v) is 11.4.